The Morgan fingerprint density at radius 3 is 1.59 bits per heavy atom. The van der Waals surface area contributed by atoms with Crippen molar-refractivity contribution in [3.05, 3.63) is 24.8 Å². The lowest BCUT2D eigenvalue weighted by Crippen LogP contribution is -2.39. The molecule has 6 atom stereocenters. The van der Waals surface area contributed by atoms with E-state index in [1.165, 1.54) is 18.2 Å². The van der Waals surface area contributed by atoms with Gasteiger partial charge in [0, 0.05) is 0 Å². The van der Waals surface area contributed by atoms with E-state index in [0.29, 0.717) is 0 Å². The van der Waals surface area contributed by atoms with Crippen LogP contribution < -0.4 is 0 Å². The van der Waals surface area contributed by atoms with E-state index in [0.717, 1.165) is 0 Å². The minimum absolute atomic E-state index is 0.485. The minimum Gasteiger partial charge on any atom is -0.455 e. The third-order valence-electron chi connectivity index (χ3n) is 5.11. The number of hydrogen-bond acceptors (Lipinski definition) is 8. The molecule has 0 radical (unpaired) electrons. The summed E-state index contributed by atoms with van der Waals surface area (Å²) in [5, 5.41) is 0. The van der Waals surface area contributed by atoms with Crippen molar-refractivity contribution in [2.24, 2.45) is 0 Å². The zero-order valence-electron chi connectivity index (χ0n) is 20.9. The molecule has 0 aromatic carbocycles. The van der Waals surface area contributed by atoms with Gasteiger partial charge in [0.05, 0.1) is 18.9 Å². The summed E-state index contributed by atoms with van der Waals surface area (Å²) in [6.45, 7) is 12.3. The Labute approximate surface area is 246 Å². The molecule has 37 heavy (non-hydrogen) atoms. The Morgan fingerprint density at radius 1 is 0.811 bits per heavy atom. The van der Waals surface area contributed by atoms with Crippen molar-refractivity contribution in [1.82, 2.24) is 0 Å². The molecule has 0 aromatic heterocycles. The molecule has 2 aliphatic rings. The van der Waals surface area contributed by atoms with Crippen molar-refractivity contribution in [3.63, 3.8) is 0 Å². The van der Waals surface area contributed by atoms with Crippen LogP contribution in [0.4, 0.5) is 0 Å². The second kappa shape index (κ2) is 12.7. The van der Waals surface area contributed by atoms with Gasteiger partial charge in [0.1, 0.15) is 30.5 Å². The number of hydrogen-bond donors (Lipinski definition) is 0. The number of carbonyl (C=O) groups is 2. The highest BCUT2D eigenvalue weighted by Gasteiger charge is 2.47. The van der Waals surface area contributed by atoms with Crippen LogP contribution in [0.25, 0.3) is 0 Å². The van der Waals surface area contributed by atoms with Gasteiger partial charge in [-0.1, -0.05) is 75.7 Å². The standard InChI is InChI=1S/C23H30Cl6O8/c1-7-13-19(37-21(5,6)35-13)15(33-17(31)11-23(27,28)29)9-8-14(32-16(30)10-22(24,25)26)18-12(2)34-20(3,4)36-18/h7-9,12-15,18-19H,1,10-11H2,2-6H3/t12-,13-,14+,15+,18+,19+/m1/s1. The molecule has 0 amide bonds. The first-order valence-corrected chi connectivity index (χ1v) is 13.5. The van der Waals surface area contributed by atoms with Crippen molar-refractivity contribution in [2.75, 3.05) is 0 Å². The number of alkyl halides is 6. The Morgan fingerprint density at radius 2 is 1.22 bits per heavy atom. The third-order valence-corrected chi connectivity index (χ3v) is 5.91. The summed E-state index contributed by atoms with van der Waals surface area (Å²) in [5.74, 6) is -3.57. The average Bonchev–Trinajstić information content (AvgIpc) is 3.14. The molecule has 8 nitrogen and oxygen atoms in total. The molecule has 0 aromatic rings. The molecule has 2 rings (SSSR count). The fourth-order valence-corrected chi connectivity index (χ4v) is 4.57. The molecular weight excluding hydrogens is 617 g/mol. The van der Waals surface area contributed by atoms with Gasteiger partial charge in [0.2, 0.25) is 7.59 Å². The lowest BCUT2D eigenvalue weighted by molar-refractivity contribution is -0.167. The quantitative estimate of drug-likeness (QED) is 0.168. The van der Waals surface area contributed by atoms with Gasteiger partial charge in [0.25, 0.3) is 0 Å². The second-order valence-electron chi connectivity index (χ2n) is 9.48. The maximum atomic E-state index is 12.5. The molecule has 2 fully saturated rings. The molecule has 0 spiro atoms. The monoisotopic (exact) mass is 644 g/mol. The first kappa shape index (κ1) is 33.2. The van der Waals surface area contributed by atoms with Crippen molar-refractivity contribution in [3.8, 4) is 0 Å². The summed E-state index contributed by atoms with van der Waals surface area (Å²) < 4.78 is 31.0. The van der Waals surface area contributed by atoms with Crippen LogP contribution in [0.1, 0.15) is 47.5 Å². The Bertz CT molecular complexity index is 866. The van der Waals surface area contributed by atoms with Gasteiger partial charge in [-0.2, -0.15) is 0 Å². The first-order chi connectivity index (χ1) is 16.7. The summed E-state index contributed by atoms with van der Waals surface area (Å²) in [4.78, 5) is 25.1. The van der Waals surface area contributed by atoms with Crippen molar-refractivity contribution < 1.29 is 38.0 Å². The van der Waals surface area contributed by atoms with Crippen LogP contribution in [0.2, 0.25) is 0 Å². The van der Waals surface area contributed by atoms with Gasteiger partial charge in [0.15, 0.2) is 11.6 Å². The molecule has 0 N–H and O–H groups in total. The van der Waals surface area contributed by atoms with Crippen LogP contribution in [0.5, 0.6) is 0 Å². The van der Waals surface area contributed by atoms with Gasteiger partial charge in [-0.15, -0.1) is 6.58 Å². The van der Waals surface area contributed by atoms with E-state index in [1.54, 1.807) is 34.6 Å². The Kier molecular flexibility index (Phi) is 11.4. The fraction of sp³-hybridized carbons (Fsp3) is 0.739. The molecule has 212 valence electrons. The van der Waals surface area contributed by atoms with E-state index >= 15 is 0 Å². The second-order valence-corrected chi connectivity index (χ2v) is 14.5. The molecule has 2 aliphatic heterocycles. The van der Waals surface area contributed by atoms with E-state index in [-0.39, 0.29) is 0 Å². The van der Waals surface area contributed by atoms with E-state index in [9.17, 15) is 9.59 Å². The maximum absolute atomic E-state index is 12.5. The Hall–Kier alpha value is -0.000000000000000111. The van der Waals surface area contributed by atoms with Gasteiger partial charge in [-0.3, -0.25) is 9.59 Å². The van der Waals surface area contributed by atoms with E-state index in [4.69, 9.17) is 98.0 Å². The molecule has 0 aliphatic carbocycles. The van der Waals surface area contributed by atoms with Crippen molar-refractivity contribution in [2.45, 2.75) is 103 Å². The fourth-order valence-electron chi connectivity index (χ4n) is 3.92. The number of esters is 2. The van der Waals surface area contributed by atoms with Crippen molar-refractivity contribution >= 4 is 81.5 Å². The zero-order valence-corrected chi connectivity index (χ0v) is 25.4. The summed E-state index contributed by atoms with van der Waals surface area (Å²) in [6, 6.07) is 0. The summed E-state index contributed by atoms with van der Waals surface area (Å²) in [5.41, 5.74) is 0. The number of ether oxygens (including phenoxy) is 6. The molecular formula is C23H30Cl6O8. The lowest BCUT2D eigenvalue weighted by Gasteiger charge is -2.27. The molecule has 0 unspecified atom stereocenters. The SMILES string of the molecule is C=C[C@H]1OC(C)(C)O[C@@H]1[C@H](C=C[C@H](OC(=O)CC(Cl)(Cl)Cl)[C@H]1OC(C)(C)O[C@@H]1C)OC(=O)CC(Cl)(Cl)Cl. The lowest BCUT2D eigenvalue weighted by atomic mass is 10.0. The topological polar surface area (TPSA) is 89.5 Å². The predicted molar refractivity (Wildman–Crippen MR) is 142 cm³/mol. The van der Waals surface area contributed by atoms with Gasteiger partial charge < -0.3 is 28.4 Å². The van der Waals surface area contributed by atoms with Gasteiger partial charge >= 0.3 is 11.9 Å². The number of rotatable bonds is 9. The normalized spacial score (nSPS) is 29.2. The molecule has 0 bridgehead atoms. The summed E-state index contributed by atoms with van der Waals surface area (Å²) in [7, 11) is 0. The molecule has 14 heteroatoms. The van der Waals surface area contributed by atoms with Crippen LogP contribution in [-0.4, -0.2) is 67.7 Å². The number of halogens is 6. The van der Waals surface area contributed by atoms with Crippen molar-refractivity contribution in [1.29, 1.82) is 0 Å². The minimum atomic E-state index is -1.87. The Balaban J connectivity index is 2.38. The van der Waals surface area contributed by atoms with E-state index in [2.05, 4.69) is 6.58 Å². The van der Waals surface area contributed by atoms with Crippen LogP contribution in [0, 0.1) is 0 Å². The highest BCUT2D eigenvalue weighted by atomic mass is 35.6. The predicted octanol–water partition coefficient (Wildman–Crippen LogP) is 6.13. The van der Waals surface area contributed by atoms with E-state index < -0.39 is 80.6 Å². The van der Waals surface area contributed by atoms with Crippen LogP contribution in [0.15, 0.2) is 24.8 Å². The summed E-state index contributed by atoms with van der Waals surface area (Å²) >= 11 is 34.5. The maximum Gasteiger partial charge on any atom is 0.310 e. The van der Waals surface area contributed by atoms with Crippen LogP contribution in [-0.2, 0) is 38.0 Å². The summed E-state index contributed by atoms with van der Waals surface area (Å²) in [6.07, 6.45) is -1.37. The first-order valence-electron chi connectivity index (χ1n) is 11.2. The largest absolute Gasteiger partial charge is 0.455 e. The van der Waals surface area contributed by atoms with Crippen LogP contribution in [0.3, 0.4) is 0 Å². The molecule has 2 heterocycles. The zero-order chi connectivity index (χ0) is 28.4. The van der Waals surface area contributed by atoms with Gasteiger partial charge in [-0.25, -0.2) is 0 Å². The van der Waals surface area contributed by atoms with Gasteiger partial charge in [-0.05, 0) is 46.8 Å². The smallest absolute Gasteiger partial charge is 0.310 e. The molecule has 2 saturated heterocycles. The highest BCUT2D eigenvalue weighted by molar-refractivity contribution is 6.68. The number of carbonyl (C=O) groups excluding carboxylic acids is 2. The average molecular weight is 647 g/mol. The molecule has 0 saturated carbocycles. The van der Waals surface area contributed by atoms with E-state index in [1.807, 2.05) is 0 Å². The third kappa shape index (κ3) is 11.2. The van der Waals surface area contributed by atoms with Crippen LogP contribution >= 0.6 is 69.6 Å². The highest BCUT2D eigenvalue weighted by Crippen LogP contribution is 2.36.